The third-order valence-corrected chi connectivity index (χ3v) is 5.31. The van der Waals surface area contributed by atoms with E-state index in [1.54, 1.807) is 0 Å². The summed E-state index contributed by atoms with van der Waals surface area (Å²) in [4.78, 5) is 24.2. The zero-order valence-corrected chi connectivity index (χ0v) is 14.4. The predicted octanol–water partition coefficient (Wildman–Crippen LogP) is 3.14. The molecule has 1 amide bonds. The molecule has 0 unspecified atom stereocenters. The maximum absolute atomic E-state index is 11.9. The second kappa shape index (κ2) is 7.40. The largest absolute Gasteiger partial charge is 0.481 e. The van der Waals surface area contributed by atoms with Crippen LogP contribution >= 0.6 is 0 Å². The Labute approximate surface area is 148 Å². The van der Waals surface area contributed by atoms with E-state index in [4.69, 9.17) is 5.11 Å². The number of nitrogens with zero attached hydrogens (tertiary/aromatic N) is 1. The number of amides is 1. The number of carbonyl (C=O) groups is 2. The number of rotatable bonds is 8. The van der Waals surface area contributed by atoms with Gasteiger partial charge >= 0.3 is 5.97 Å². The fourth-order valence-corrected chi connectivity index (χ4v) is 3.47. The van der Waals surface area contributed by atoms with Crippen LogP contribution in [0.5, 0.6) is 0 Å². The van der Waals surface area contributed by atoms with Crippen LogP contribution in [0.1, 0.15) is 62.1 Å². The predicted molar refractivity (Wildman–Crippen MR) is 93.9 cm³/mol. The van der Waals surface area contributed by atoms with Crippen LogP contribution in [0.15, 0.2) is 36.4 Å². The molecular formula is C20H25NO4. The molecule has 1 saturated heterocycles. The Bertz CT molecular complexity index is 661. The minimum atomic E-state index is -0.776. The molecule has 0 spiro atoms. The number of hydrogen-bond donors (Lipinski definition) is 2. The zero-order valence-electron chi connectivity index (χ0n) is 14.4. The summed E-state index contributed by atoms with van der Waals surface area (Å²) in [5.41, 5.74) is 1.43. The number of benzene rings is 1. The molecule has 0 bridgehead atoms. The van der Waals surface area contributed by atoms with Crippen molar-refractivity contribution in [1.29, 1.82) is 0 Å². The van der Waals surface area contributed by atoms with Crippen molar-refractivity contribution >= 4 is 11.9 Å². The van der Waals surface area contributed by atoms with Gasteiger partial charge in [0.05, 0.1) is 18.1 Å². The van der Waals surface area contributed by atoms with Gasteiger partial charge in [0.1, 0.15) is 0 Å². The van der Waals surface area contributed by atoms with E-state index in [9.17, 15) is 14.7 Å². The van der Waals surface area contributed by atoms with Crippen molar-refractivity contribution in [3.63, 3.8) is 0 Å². The number of unbranched alkanes of at least 4 members (excludes halogenated alkanes) is 1. The molecule has 2 N–H and O–H groups in total. The average molecular weight is 343 g/mol. The highest BCUT2D eigenvalue weighted by atomic mass is 16.4. The van der Waals surface area contributed by atoms with Crippen LogP contribution in [0.3, 0.4) is 0 Å². The molecule has 25 heavy (non-hydrogen) atoms. The highest BCUT2D eigenvalue weighted by molar-refractivity contribution is 5.83. The molecule has 2 fully saturated rings. The first-order chi connectivity index (χ1) is 12.0. The van der Waals surface area contributed by atoms with Gasteiger partial charge in [-0.2, -0.15) is 0 Å². The Hall–Kier alpha value is -2.14. The Morgan fingerprint density at radius 3 is 2.52 bits per heavy atom. The lowest BCUT2D eigenvalue weighted by Gasteiger charge is -2.41. The van der Waals surface area contributed by atoms with E-state index in [1.165, 1.54) is 0 Å². The van der Waals surface area contributed by atoms with Crippen LogP contribution < -0.4 is 0 Å². The van der Waals surface area contributed by atoms with Crippen LogP contribution in [0.2, 0.25) is 0 Å². The molecule has 1 atom stereocenters. The van der Waals surface area contributed by atoms with Gasteiger partial charge in [-0.05, 0) is 43.2 Å². The number of carboxylic acids is 1. The van der Waals surface area contributed by atoms with Crippen LogP contribution in [0.4, 0.5) is 0 Å². The minimum Gasteiger partial charge on any atom is -0.481 e. The third kappa shape index (κ3) is 3.93. The number of β-lactam (4-membered cyclic amide) rings is 1. The van der Waals surface area contributed by atoms with Gasteiger partial charge in [0.25, 0.3) is 0 Å². The molecule has 134 valence electrons. The SMILES string of the molecule is O=C(O)CCCC=CCN1C(=O)C[C@@H]1c1ccc(C2(O)CCC2)cc1. The van der Waals surface area contributed by atoms with Gasteiger partial charge in [-0.3, -0.25) is 9.59 Å². The average Bonchev–Trinajstić information content (AvgIpc) is 2.56. The van der Waals surface area contributed by atoms with Gasteiger partial charge in [0.2, 0.25) is 5.91 Å². The van der Waals surface area contributed by atoms with Crippen molar-refractivity contribution in [3.8, 4) is 0 Å². The number of allylic oxidation sites excluding steroid dienone is 1. The molecule has 1 aliphatic carbocycles. The van der Waals surface area contributed by atoms with E-state index >= 15 is 0 Å². The lowest BCUT2D eigenvalue weighted by Crippen LogP contribution is -2.46. The van der Waals surface area contributed by atoms with Crippen LogP contribution in [-0.2, 0) is 15.2 Å². The summed E-state index contributed by atoms with van der Waals surface area (Å²) in [5.74, 6) is -0.636. The fourth-order valence-electron chi connectivity index (χ4n) is 3.47. The summed E-state index contributed by atoms with van der Waals surface area (Å²) in [7, 11) is 0. The molecule has 1 saturated carbocycles. The Balaban J connectivity index is 1.53. The molecule has 1 aromatic rings. The first-order valence-electron chi connectivity index (χ1n) is 8.99. The molecular weight excluding hydrogens is 318 g/mol. The van der Waals surface area contributed by atoms with Crippen LogP contribution in [0.25, 0.3) is 0 Å². The molecule has 1 aromatic carbocycles. The Morgan fingerprint density at radius 1 is 1.24 bits per heavy atom. The summed E-state index contributed by atoms with van der Waals surface area (Å²) in [6.07, 6.45) is 8.64. The molecule has 0 aromatic heterocycles. The highest BCUT2D eigenvalue weighted by Crippen LogP contribution is 2.42. The Kier molecular flexibility index (Phi) is 5.23. The van der Waals surface area contributed by atoms with Gasteiger partial charge in [-0.25, -0.2) is 0 Å². The van der Waals surface area contributed by atoms with Gasteiger partial charge in [-0.1, -0.05) is 36.4 Å². The minimum absolute atomic E-state index is 0.0984. The van der Waals surface area contributed by atoms with E-state index in [1.807, 2.05) is 41.3 Å². The van der Waals surface area contributed by atoms with Gasteiger partial charge in [0, 0.05) is 13.0 Å². The first-order valence-corrected chi connectivity index (χ1v) is 8.99. The lowest BCUT2D eigenvalue weighted by atomic mass is 9.75. The number of carboxylic acid groups (broad SMARTS) is 1. The summed E-state index contributed by atoms with van der Waals surface area (Å²) < 4.78 is 0. The summed E-state index contributed by atoms with van der Waals surface area (Å²) in [5, 5.41) is 19.0. The number of likely N-dealkylation sites (tertiary alicyclic amines) is 1. The molecule has 5 heteroatoms. The third-order valence-electron chi connectivity index (χ3n) is 5.31. The molecule has 2 aliphatic rings. The summed E-state index contributed by atoms with van der Waals surface area (Å²) >= 11 is 0. The summed E-state index contributed by atoms with van der Waals surface area (Å²) in [6, 6.07) is 8.11. The standard InChI is InChI=1S/C20H25NO4/c22-18-14-17(21(18)13-4-2-1-3-6-19(23)24)15-7-9-16(10-8-15)20(25)11-5-12-20/h2,4,7-10,17,25H,1,3,5-6,11-14H2,(H,23,24)/t17-/m1/s1. The maximum Gasteiger partial charge on any atom is 0.303 e. The van der Waals surface area contributed by atoms with Crippen molar-refractivity contribution in [3.05, 3.63) is 47.5 Å². The summed E-state index contributed by atoms with van der Waals surface area (Å²) in [6.45, 7) is 0.558. The number of hydrogen-bond acceptors (Lipinski definition) is 3. The van der Waals surface area contributed by atoms with Crippen molar-refractivity contribution < 1.29 is 19.8 Å². The molecule has 1 heterocycles. The Morgan fingerprint density at radius 2 is 1.96 bits per heavy atom. The maximum atomic E-state index is 11.9. The van der Waals surface area contributed by atoms with Crippen molar-refractivity contribution in [1.82, 2.24) is 4.90 Å². The van der Waals surface area contributed by atoms with E-state index in [-0.39, 0.29) is 18.4 Å². The number of aliphatic hydroxyl groups is 1. The topological polar surface area (TPSA) is 77.8 Å². The lowest BCUT2D eigenvalue weighted by molar-refractivity contribution is -0.145. The molecule has 3 rings (SSSR count). The van der Waals surface area contributed by atoms with Gasteiger partial charge in [-0.15, -0.1) is 0 Å². The molecule has 1 aliphatic heterocycles. The van der Waals surface area contributed by atoms with Crippen molar-refractivity contribution in [2.24, 2.45) is 0 Å². The normalized spacial score (nSPS) is 21.9. The van der Waals surface area contributed by atoms with Crippen molar-refractivity contribution in [2.75, 3.05) is 6.54 Å². The smallest absolute Gasteiger partial charge is 0.303 e. The van der Waals surface area contributed by atoms with Gasteiger partial charge in [0.15, 0.2) is 0 Å². The van der Waals surface area contributed by atoms with E-state index in [0.717, 1.165) is 30.4 Å². The number of carbonyl (C=O) groups excluding carboxylic acids is 1. The van der Waals surface area contributed by atoms with E-state index < -0.39 is 11.6 Å². The second-order valence-corrected chi connectivity index (χ2v) is 7.03. The van der Waals surface area contributed by atoms with Crippen LogP contribution in [0, 0.1) is 0 Å². The van der Waals surface area contributed by atoms with Crippen LogP contribution in [-0.4, -0.2) is 33.5 Å². The quantitative estimate of drug-likeness (QED) is 0.432. The molecule has 5 nitrogen and oxygen atoms in total. The fraction of sp³-hybridized carbons (Fsp3) is 0.500. The number of aliphatic carboxylic acids is 1. The van der Waals surface area contributed by atoms with Crippen molar-refractivity contribution in [2.45, 2.75) is 56.6 Å². The zero-order chi connectivity index (χ0) is 17.9. The van der Waals surface area contributed by atoms with E-state index in [0.29, 0.717) is 25.8 Å². The van der Waals surface area contributed by atoms with E-state index in [2.05, 4.69) is 0 Å². The second-order valence-electron chi connectivity index (χ2n) is 7.03. The monoisotopic (exact) mass is 343 g/mol. The van der Waals surface area contributed by atoms with Gasteiger partial charge < -0.3 is 15.1 Å². The molecule has 0 radical (unpaired) electrons. The first kappa shape index (κ1) is 17.7. The highest BCUT2D eigenvalue weighted by Gasteiger charge is 2.38.